The highest BCUT2D eigenvalue weighted by Crippen LogP contribution is 2.42. The molecule has 2 aliphatic rings. The fourth-order valence-corrected chi connectivity index (χ4v) is 4.71. The van der Waals surface area contributed by atoms with Crippen LogP contribution in [0.1, 0.15) is 59.7 Å². The summed E-state index contributed by atoms with van der Waals surface area (Å²) < 4.78 is 38.9. The van der Waals surface area contributed by atoms with E-state index >= 15 is 0 Å². The number of ether oxygens (including phenoxy) is 2. The smallest absolute Gasteiger partial charge is 0.410 e. The van der Waals surface area contributed by atoms with Crippen molar-refractivity contribution in [2.75, 3.05) is 44.8 Å². The maximum Gasteiger partial charge on any atom is 0.410 e. The summed E-state index contributed by atoms with van der Waals surface area (Å²) in [6, 6.07) is 0.941. The second-order valence-electron chi connectivity index (χ2n) is 11.4. The molecule has 2 amide bonds. The van der Waals surface area contributed by atoms with Crippen molar-refractivity contribution in [2.24, 2.45) is 0 Å². The van der Waals surface area contributed by atoms with Crippen LogP contribution in [0.5, 0.6) is 0 Å². The largest absolute Gasteiger partial charge is 0.444 e. The van der Waals surface area contributed by atoms with Gasteiger partial charge in [0.2, 0.25) is 5.91 Å². The van der Waals surface area contributed by atoms with E-state index in [1.165, 1.54) is 12.3 Å². The first-order chi connectivity index (χ1) is 16.0. The molecule has 8 nitrogen and oxygen atoms in total. The van der Waals surface area contributed by atoms with E-state index in [0.29, 0.717) is 31.9 Å². The molecule has 0 aliphatic carbocycles. The molecule has 0 radical (unpaired) electrons. The first kappa shape index (κ1) is 27.3. The lowest BCUT2D eigenvalue weighted by Gasteiger charge is -2.45. The molecule has 0 unspecified atom stereocenters. The van der Waals surface area contributed by atoms with Crippen LogP contribution in [0.4, 0.5) is 19.3 Å². The number of amides is 2. The van der Waals surface area contributed by atoms with Crippen LogP contribution >= 0.6 is 0 Å². The molecule has 196 valence electrons. The Hall–Kier alpha value is -2.33. The topological polar surface area (TPSA) is 75.2 Å². The standard InChI is InChI=1S/C25H38F2N4O4/c1-16-11-29(17(14-34-8)12-30(16)22(33)35-23(2,3)4)13-21(32)31-15-24(5,6)18-10-28-20(9-19(18)31)25(7,26)27/h9-10,16-17H,11-15H2,1-8H3/t16-,17-/m1/s1. The van der Waals surface area contributed by atoms with Crippen molar-refractivity contribution < 1.29 is 27.8 Å². The average Bonchev–Trinajstić information content (AvgIpc) is 2.98. The molecule has 3 heterocycles. The highest BCUT2D eigenvalue weighted by molar-refractivity contribution is 5.97. The minimum Gasteiger partial charge on any atom is -0.444 e. The Bertz CT molecular complexity index is 958. The van der Waals surface area contributed by atoms with Gasteiger partial charge in [-0.1, -0.05) is 13.8 Å². The van der Waals surface area contributed by atoms with E-state index in [2.05, 4.69) is 4.98 Å². The van der Waals surface area contributed by atoms with Gasteiger partial charge in [-0.15, -0.1) is 0 Å². The molecule has 0 N–H and O–H groups in total. The fraction of sp³-hybridized carbons (Fsp3) is 0.720. The highest BCUT2D eigenvalue weighted by atomic mass is 19.3. The Labute approximate surface area is 206 Å². The summed E-state index contributed by atoms with van der Waals surface area (Å²) in [5.41, 5.74) is -0.123. The second kappa shape index (κ2) is 9.61. The molecule has 10 heteroatoms. The second-order valence-corrected chi connectivity index (χ2v) is 11.4. The van der Waals surface area contributed by atoms with Gasteiger partial charge in [-0.2, -0.15) is 8.78 Å². The van der Waals surface area contributed by atoms with Gasteiger partial charge in [-0.25, -0.2) is 4.79 Å². The summed E-state index contributed by atoms with van der Waals surface area (Å²) in [6.07, 6.45) is 1.07. The van der Waals surface area contributed by atoms with Crippen molar-refractivity contribution in [1.82, 2.24) is 14.8 Å². The number of piperazine rings is 1. The highest BCUT2D eigenvalue weighted by Gasteiger charge is 2.42. The number of hydrogen-bond acceptors (Lipinski definition) is 6. The lowest BCUT2D eigenvalue weighted by molar-refractivity contribution is -0.121. The normalized spacial score (nSPS) is 22.8. The number of carbonyl (C=O) groups excluding carboxylic acids is 2. The van der Waals surface area contributed by atoms with Crippen molar-refractivity contribution in [2.45, 2.75) is 77.5 Å². The number of pyridine rings is 1. The quantitative estimate of drug-likeness (QED) is 0.618. The molecular weight excluding hydrogens is 458 g/mol. The van der Waals surface area contributed by atoms with Crippen LogP contribution in [-0.4, -0.2) is 84.4 Å². The van der Waals surface area contributed by atoms with Crippen molar-refractivity contribution in [1.29, 1.82) is 0 Å². The number of hydrogen-bond donors (Lipinski definition) is 0. The molecule has 2 atom stereocenters. The lowest BCUT2D eigenvalue weighted by Crippen LogP contribution is -2.62. The van der Waals surface area contributed by atoms with E-state index in [-0.39, 0.29) is 30.2 Å². The number of halogens is 2. The number of carbonyl (C=O) groups is 2. The van der Waals surface area contributed by atoms with E-state index in [0.717, 1.165) is 12.5 Å². The van der Waals surface area contributed by atoms with Crippen LogP contribution in [0.2, 0.25) is 0 Å². The van der Waals surface area contributed by atoms with Crippen molar-refractivity contribution >= 4 is 17.7 Å². The summed E-state index contributed by atoms with van der Waals surface area (Å²) in [4.78, 5) is 35.5. The van der Waals surface area contributed by atoms with Gasteiger partial charge in [0.05, 0.1) is 24.9 Å². The average molecular weight is 497 g/mol. The SMILES string of the molecule is COC[C@H]1CN(C(=O)OC(C)(C)C)[C@H](C)CN1CC(=O)N1CC(C)(C)c2cnc(C(C)(F)F)cc21. The van der Waals surface area contributed by atoms with Crippen LogP contribution in [0.3, 0.4) is 0 Å². The van der Waals surface area contributed by atoms with E-state index in [1.54, 1.807) is 16.9 Å². The molecule has 1 saturated heterocycles. The van der Waals surface area contributed by atoms with E-state index in [4.69, 9.17) is 9.47 Å². The zero-order valence-electron chi connectivity index (χ0n) is 22.0. The molecule has 0 aromatic carbocycles. The van der Waals surface area contributed by atoms with Gasteiger partial charge < -0.3 is 19.3 Å². The van der Waals surface area contributed by atoms with Crippen molar-refractivity contribution in [3.8, 4) is 0 Å². The third kappa shape index (κ3) is 6.09. The number of nitrogens with zero attached hydrogens (tertiary/aromatic N) is 4. The molecule has 1 aromatic rings. The summed E-state index contributed by atoms with van der Waals surface area (Å²) in [7, 11) is 1.58. The Kier molecular flexibility index (Phi) is 7.49. The third-order valence-electron chi connectivity index (χ3n) is 6.49. The molecule has 3 rings (SSSR count). The first-order valence-electron chi connectivity index (χ1n) is 12.0. The molecule has 1 aromatic heterocycles. The van der Waals surface area contributed by atoms with Crippen molar-refractivity contribution in [3.63, 3.8) is 0 Å². The number of anilines is 1. The molecule has 0 spiro atoms. The third-order valence-corrected chi connectivity index (χ3v) is 6.49. The van der Waals surface area contributed by atoms with Crippen molar-refractivity contribution in [3.05, 3.63) is 23.5 Å². The monoisotopic (exact) mass is 496 g/mol. The van der Waals surface area contributed by atoms with Crippen LogP contribution in [0, 0.1) is 0 Å². The molecule has 2 aliphatic heterocycles. The van der Waals surface area contributed by atoms with Crippen LogP contribution in [0.15, 0.2) is 12.3 Å². The maximum absolute atomic E-state index is 14.0. The fourth-order valence-electron chi connectivity index (χ4n) is 4.71. The van der Waals surface area contributed by atoms with E-state index in [1.807, 2.05) is 46.4 Å². The Morgan fingerprint density at radius 1 is 1.20 bits per heavy atom. The minimum absolute atomic E-state index is 0.0796. The molecular formula is C25H38F2N4O4. The Morgan fingerprint density at radius 3 is 2.43 bits per heavy atom. The van der Waals surface area contributed by atoms with Gasteiger partial charge in [-0.05, 0) is 33.8 Å². The van der Waals surface area contributed by atoms with Gasteiger partial charge in [0.1, 0.15) is 11.3 Å². The van der Waals surface area contributed by atoms with Gasteiger partial charge in [0.25, 0.3) is 5.92 Å². The van der Waals surface area contributed by atoms with Gasteiger partial charge in [0, 0.05) is 56.9 Å². The first-order valence-corrected chi connectivity index (χ1v) is 12.0. The number of fused-ring (bicyclic) bond motifs is 1. The number of alkyl halides is 2. The lowest BCUT2D eigenvalue weighted by atomic mass is 9.88. The van der Waals surface area contributed by atoms with Crippen LogP contribution < -0.4 is 4.90 Å². The summed E-state index contributed by atoms with van der Waals surface area (Å²) in [5.74, 6) is -3.29. The summed E-state index contributed by atoms with van der Waals surface area (Å²) in [5, 5.41) is 0. The zero-order chi connectivity index (χ0) is 26.3. The number of aromatic nitrogens is 1. The Balaban J connectivity index is 1.80. The van der Waals surface area contributed by atoms with E-state index < -0.39 is 23.0 Å². The summed E-state index contributed by atoms with van der Waals surface area (Å²) >= 11 is 0. The number of methoxy groups -OCH3 is 1. The molecule has 35 heavy (non-hydrogen) atoms. The molecule has 0 saturated carbocycles. The van der Waals surface area contributed by atoms with Gasteiger partial charge >= 0.3 is 6.09 Å². The molecule has 0 bridgehead atoms. The summed E-state index contributed by atoms with van der Waals surface area (Å²) in [6.45, 7) is 13.7. The maximum atomic E-state index is 14.0. The predicted octanol–water partition coefficient (Wildman–Crippen LogP) is 3.77. The zero-order valence-corrected chi connectivity index (χ0v) is 22.0. The van der Waals surface area contributed by atoms with Crippen LogP contribution in [0.25, 0.3) is 0 Å². The molecule has 1 fully saturated rings. The van der Waals surface area contributed by atoms with E-state index in [9.17, 15) is 18.4 Å². The number of rotatable bonds is 5. The van der Waals surface area contributed by atoms with Gasteiger partial charge in [0.15, 0.2) is 0 Å². The minimum atomic E-state index is -3.10. The predicted molar refractivity (Wildman–Crippen MR) is 129 cm³/mol. The van der Waals surface area contributed by atoms with Gasteiger partial charge in [-0.3, -0.25) is 14.7 Å². The Morgan fingerprint density at radius 2 is 1.86 bits per heavy atom. The van der Waals surface area contributed by atoms with Crippen LogP contribution in [-0.2, 0) is 25.6 Å².